The quantitative estimate of drug-likeness (QED) is 0.355. The van der Waals surface area contributed by atoms with Gasteiger partial charge < -0.3 is 35.6 Å². The van der Waals surface area contributed by atoms with Crippen LogP contribution in [0.15, 0.2) is 24.3 Å². The summed E-state index contributed by atoms with van der Waals surface area (Å²) < 4.78 is 15.1. The molecular formula is C23H42N2O7. The lowest BCUT2D eigenvalue weighted by atomic mass is 10.1. The fourth-order valence-corrected chi connectivity index (χ4v) is 1.91. The van der Waals surface area contributed by atoms with Crippen LogP contribution in [0.3, 0.4) is 0 Å². The van der Waals surface area contributed by atoms with Crippen LogP contribution in [0.4, 0.5) is 0 Å². The third kappa shape index (κ3) is 19.5. The van der Waals surface area contributed by atoms with Crippen molar-refractivity contribution in [1.29, 1.82) is 0 Å². The summed E-state index contributed by atoms with van der Waals surface area (Å²) in [6.07, 6.45) is 1.37. The molecule has 0 fully saturated rings. The lowest BCUT2D eigenvalue weighted by Gasteiger charge is -2.16. The number of benzene rings is 1. The highest BCUT2D eigenvalue weighted by atomic mass is 16.5. The standard InChI is InChI=1S/C14H20O5.C5H12N2O.C2H4O.C2H6/c1-17-10-13(9-15)19-12-6-3-11(4-7-12)5-8-14(16)18-2;1-3(2)4(6)5(7)8;1-2-3;1-2/h3-4,6-7,13,15H,5,8-10H2,1-2H3;3-4H,6H2,1-2H3,(H2,7,8);2H,1H3;1-2H3. The third-order valence-electron chi connectivity index (χ3n) is 3.67. The van der Waals surface area contributed by atoms with Gasteiger partial charge in [0.05, 0.1) is 26.4 Å². The highest BCUT2D eigenvalue weighted by Gasteiger charge is 2.12. The van der Waals surface area contributed by atoms with Gasteiger partial charge in [-0.1, -0.05) is 39.8 Å². The van der Waals surface area contributed by atoms with Crippen LogP contribution in [-0.4, -0.2) is 62.8 Å². The van der Waals surface area contributed by atoms with Gasteiger partial charge >= 0.3 is 5.97 Å². The number of primary amides is 1. The molecule has 186 valence electrons. The Morgan fingerprint density at radius 3 is 1.94 bits per heavy atom. The zero-order valence-electron chi connectivity index (χ0n) is 20.5. The van der Waals surface area contributed by atoms with Crippen LogP contribution in [0.2, 0.25) is 0 Å². The zero-order valence-corrected chi connectivity index (χ0v) is 20.5. The minimum absolute atomic E-state index is 0.0993. The molecule has 5 N–H and O–H groups in total. The van der Waals surface area contributed by atoms with Crippen molar-refractivity contribution in [3.05, 3.63) is 29.8 Å². The first kappa shape index (κ1) is 34.1. The van der Waals surface area contributed by atoms with E-state index in [1.54, 1.807) is 7.11 Å². The molecule has 0 saturated carbocycles. The van der Waals surface area contributed by atoms with Crippen LogP contribution in [0.5, 0.6) is 5.75 Å². The minimum atomic E-state index is -0.491. The van der Waals surface area contributed by atoms with Crippen molar-refractivity contribution >= 4 is 18.2 Å². The maximum absolute atomic E-state index is 11.0. The Kier molecular flexibility index (Phi) is 24.7. The first-order valence-electron chi connectivity index (χ1n) is 10.5. The number of nitrogens with two attached hydrogens (primary N) is 2. The number of rotatable bonds is 10. The van der Waals surface area contributed by atoms with Gasteiger partial charge in [0.25, 0.3) is 0 Å². The maximum Gasteiger partial charge on any atom is 0.305 e. The van der Waals surface area contributed by atoms with Crippen molar-refractivity contribution < 1.29 is 33.7 Å². The topological polar surface area (TPSA) is 151 Å². The summed E-state index contributed by atoms with van der Waals surface area (Å²) in [6, 6.07) is 6.91. The highest BCUT2D eigenvalue weighted by Crippen LogP contribution is 2.15. The number of aliphatic hydroxyl groups excluding tert-OH is 1. The van der Waals surface area contributed by atoms with Gasteiger partial charge in [-0.15, -0.1) is 0 Å². The predicted molar refractivity (Wildman–Crippen MR) is 125 cm³/mol. The van der Waals surface area contributed by atoms with E-state index in [0.717, 1.165) is 11.8 Å². The molecule has 0 spiro atoms. The molecule has 0 aliphatic rings. The highest BCUT2D eigenvalue weighted by molar-refractivity contribution is 5.79. The minimum Gasteiger partial charge on any atom is -0.486 e. The summed E-state index contributed by atoms with van der Waals surface area (Å²) in [5.41, 5.74) is 11.2. The lowest BCUT2D eigenvalue weighted by molar-refractivity contribution is -0.140. The third-order valence-corrected chi connectivity index (χ3v) is 3.67. The van der Waals surface area contributed by atoms with Crippen LogP contribution in [0.1, 0.15) is 46.6 Å². The number of ether oxygens (including phenoxy) is 3. The Labute approximate surface area is 192 Å². The molecule has 1 aromatic carbocycles. The van der Waals surface area contributed by atoms with Gasteiger partial charge in [0.2, 0.25) is 5.91 Å². The Morgan fingerprint density at radius 1 is 1.12 bits per heavy atom. The Bertz CT molecular complexity index is 593. The second-order valence-corrected chi connectivity index (χ2v) is 6.51. The fourth-order valence-electron chi connectivity index (χ4n) is 1.91. The molecule has 1 amide bonds. The number of aliphatic hydroxyl groups is 1. The molecule has 0 saturated heterocycles. The zero-order chi connectivity index (χ0) is 25.5. The number of aldehydes is 1. The van der Waals surface area contributed by atoms with Crippen LogP contribution >= 0.6 is 0 Å². The van der Waals surface area contributed by atoms with Gasteiger partial charge in [-0.3, -0.25) is 9.59 Å². The van der Waals surface area contributed by atoms with Gasteiger partial charge in [-0.2, -0.15) is 0 Å². The summed E-state index contributed by atoms with van der Waals surface area (Å²) in [6.45, 7) is 9.39. The predicted octanol–water partition coefficient (Wildman–Crippen LogP) is 1.86. The van der Waals surface area contributed by atoms with Crippen molar-refractivity contribution in [2.24, 2.45) is 17.4 Å². The normalized spacial score (nSPS) is 11.2. The average Bonchev–Trinajstić information content (AvgIpc) is 2.79. The van der Waals surface area contributed by atoms with Gasteiger partial charge in [0, 0.05) is 13.5 Å². The summed E-state index contributed by atoms with van der Waals surface area (Å²) in [5.74, 6) is 0.159. The second kappa shape index (κ2) is 23.2. The number of methoxy groups -OCH3 is 2. The maximum atomic E-state index is 11.0. The van der Waals surface area contributed by atoms with E-state index >= 15 is 0 Å². The molecule has 2 atom stereocenters. The van der Waals surface area contributed by atoms with Gasteiger partial charge in [0.15, 0.2) is 0 Å². The van der Waals surface area contributed by atoms with Crippen LogP contribution in [0.25, 0.3) is 0 Å². The SMILES string of the molecule is CC.CC(C)C(N)C(N)=O.CC=O.COCC(CO)Oc1ccc(CCC(=O)OC)cc1. The average molecular weight is 459 g/mol. The van der Waals surface area contributed by atoms with E-state index in [0.29, 0.717) is 25.2 Å². The molecular weight excluding hydrogens is 416 g/mol. The molecule has 9 nitrogen and oxygen atoms in total. The van der Waals surface area contributed by atoms with E-state index in [9.17, 15) is 9.59 Å². The molecule has 0 aromatic heterocycles. The van der Waals surface area contributed by atoms with E-state index in [1.165, 1.54) is 14.0 Å². The van der Waals surface area contributed by atoms with E-state index in [2.05, 4.69) is 4.74 Å². The Balaban J connectivity index is -0.000000538. The van der Waals surface area contributed by atoms with Crippen molar-refractivity contribution in [2.45, 2.75) is 59.6 Å². The van der Waals surface area contributed by atoms with E-state index < -0.39 is 11.9 Å². The fraction of sp³-hybridized carbons (Fsp3) is 0.609. The molecule has 1 rings (SSSR count). The summed E-state index contributed by atoms with van der Waals surface area (Å²) in [5, 5.41) is 9.09. The van der Waals surface area contributed by atoms with Crippen molar-refractivity contribution in [1.82, 2.24) is 0 Å². The largest absolute Gasteiger partial charge is 0.486 e. The molecule has 0 heterocycles. The Morgan fingerprint density at radius 2 is 1.62 bits per heavy atom. The smallest absolute Gasteiger partial charge is 0.305 e. The van der Waals surface area contributed by atoms with Crippen molar-refractivity contribution in [3.8, 4) is 5.75 Å². The van der Waals surface area contributed by atoms with E-state index in [-0.39, 0.29) is 24.6 Å². The molecule has 32 heavy (non-hydrogen) atoms. The van der Waals surface area contributed by atoms with Gasteiger partial charge in [-0.05, 0) is 37.0 Å². The molecule has 9 heteroatoms. The first-order chi connectivity index (χ1) is 15.2. The molecule has 0 aliphatic heterocycles. The molecule has 0 radical (unpaired) electrons. The van der Waals surface area contributed by atoms with Crippen LogP contribution in [0, 0.1) is 5.92 Å². The molecule has 0 bridgehead atoms. The van der Waals surface area contributed by atoms with E-state index in [4.69, 9.17) is 30.8 Å². The first-order valence-corrected chi connectivity index (χ1v) is 10.5. The number of amides is 1. The lowest BCUT2D eigenvalue weighted by Crippen LogP contribution is -2.40. The molecule has 0 aliphatic carbocycles. The van der Waals surface area contributed by atoms with E-state index in [1.807, 2.05) is 52.0 Å². The van der Waals surface area contributed by atoms with Gasteiger partial charge in [0.1, 0.15) is 18.1 Å². The number of aryl methyl sites for hydroxylation is 1. The Hall–Kier alpha value is -2.49. The number of carbonyl (C=O) groups is 3. The van der Waals surface area contributed by atoms with Crippen molar-refractivity contribution in [2.75, 3.05) is 27.4 Å². The number of hydrogen-bond donors (Lipinski definition) is 3. The van der Waals surface area contributed by atoms with Crippen molar-refractivity contribution in [3.63, 3.8) is 0 Å². The monoisotopic (exact) mass is 458 g/mol. The van der Waals surface area contributed by atoms with Gasteiger partial charge in [-0.25, -0.2) is 0 Å². The van der Waals surface area contributed by atoms with Crippen LogP contribution < -0.4 is 16.2 Å². The van der Waals surface area contributed by atoms with Crippen LogP contribution in [-0.2, 0) is 30.3 Å². The molecule has 1 aromatic rings. The summed E-state index contributed by atoms with van der Waals surface area (Å²) in [4.78, 5) is 30.1. The number of esters is 1. The number of hydrogen-bond acceptors (Lipinski definition) is 8. The number of carbonyl (C=O) groups excluding carboxylic acids is 3. The second-order valence-electron chi connectivity index (χ2n) is 6.51. The summed E-state index contributed by atoms with van der Waals surface area (Å²) in [7, 11) is 2.94. The molecule has 2 unspecified atom stereocenters. The summed E-state index contributed by atoms with van der Waals surface area (Å²) >= 11 is 0.